The van der Waals surface area contributed by atoms with Crippen LogP contribution in [0.2, 0.25) is 0 Å². The van der Waals surface area contributed by atoms with Gasteiger partial charge in [-0.3, -0.25) is 28.8 Å². The zero-order valence-electron chi connectivity index (χ0n) is 49.3. The molecular weight excluding hydrogens is 1100 g/mol. The summed E-state index contributed by atoms with van der Waals surface area (Å²) in [5.41, 5.74) is -10.6. The molecular formula is C65H82O20. The van der Waals surface area contributed by atoms with Gasteiger partial charge in [-0.15, -0.1) is 0 Å². The summed E-state index contributed by atoms with van der Waals surface area (Å²) in [5, 5.41) is 116. The van der Waals surface area contributed by atoms with Crippen LogP contribution >= 0.6 is 0 Å². The molecule has 8 bridgehead atoms. The van der Waals surface area contributed by atoms with Crippen molar-refractivity contribution in [2.24, 2.45) is 69.5 Å². The average molecular weight is 1180 g/mol. The second kappa shape index (κ2) is 23.1. The minimum absolute atomic E-state index is 0.0577. The number of carbonyl (C=O) groups excluding carboxylic acids is 6. The van der Waals surface area contributed by atoms with E-state index < -0.39 is 178 Å². The Bertz CT molecular complexity index is 3070. The van der Waals surface area contributed by atoms with Crippen LogP contribution in [0.5, 0.6) is 0 Å². The summed E-state index contributed by atoms with van der Waals surface area (Å²) in [6.45, 7) is 13.8. The predicted octanol–water partition coefficient (Wildman–Crippen LogP) is 2.53. The fourth-order valence-electron chi connectivity index (χ4n) is 15.5. The summed E-state index contributed by atoms with van der Waals surface area (Å²) in [4.78, 5) is 85.4. The smallest absolute Gasteiger partial charge is 0.177 e. The summed E-state index contributed by atoms with van der Waals surface area (Å²) >= 11 is 0. The molecule has 0 radical (unpaired) electrons. The first-order valence-corrected chi connectivity index (χ1v) is 29.3. The summed E-state index contributed by atoms with van der Waals surface area (Å²) in [7, 11) is 0. The van der Waals surface area contributed by atoms with E-state index in [0.717, 1.165) is 0 Å². The fourth-order valence-corrected chi connectivity index (χ4v) is 15.5. The van der Waals surface area contributed by atoms with Gasteiger partial charge in [0.1, 0.15) is 58.6 Å². The molecule has 4 heterocycles. The number of hydrogen-bond acceptors (Lipinski definition) is 20. The summed E-state index contributed by atoms with van der Waals surface area (Å²) in [6.07, 6.45) is 6.26. The van der Waals surface area contributed by atoms with Crippen molar-refractivity contribution in [3.05, 3.63) is 119 Å². The topological polar surface area (TPSA) is 342 Å². The van der Waals surface area contributed by atoms with Crippen LogP contribution in [0.4, 0.5) is 0 Å². The Hall–Kier alpha value is -5.14. The Kier molecular flexibility index (Phi) is 17.5. The highest BCUT2D eigenvalue weighted by Crippen LogP contribution is 2.58. The van der Waals surface area contributed by atoms with E-state index in [2.05, 4.69) is 0 Å². The lowest BCUT2D eigenvalue weighted by Gasteiger charge is -2.47. The quantitative estimate of drug-likeness (QED) is 0.143. The maximum absolute atomic E-state index is 15.1. The molecule has 24 atom stereocenters. The third kappa shape index (κ3) is 10.00. The van der Waals surface area contributed by atoms with E-state index in [0.29, 0.717) is 23.7 Å². The molecule has 20 heteroatoms. The lowest BCUT2D eigenvalue weighted by atomic mass is 9.59. The van der Waals surface area contributed by atoms with Crippen LogP contribution in [0.1, 0.15) is 88.0 Å². The highest BCUT2D eigenvalue weighted by molar-refractivity contribution is 5.97. The molecule has 0 aromatic rings. The third-order valence-corrected chi connectivity index (χ3v) is 20.8. The first-order chi connectivity index (χ1) is 39.8. The van der Waals surface area contributed by atoms with Gasteiger partial charge < -0.3 is 70.0 Å². The van der Waals surface area contributed by atoms with Crippen molar-refractivity contribution in [1.29, 1.82) is 0 Å². The number of rotatable bonds is 4. The second-order valence-electron chi connectivity index (χ2n) is 26.2. The lowest BCUT2D eigenvalue weighted by molar-refractivity contribution is -0.186. The van der Waals surface area contributed by atoms with E-state index in [1.165, 1.54) is 94.5 Å². The maximum Gasteiger partial charge on any atom is 0.177 e. The van der Waals surface area contributed by atoms with Crippen molar-refractivity contribution in [2.75, 3.05) is 13.2 Å². The first-order valence-electron chi connectivity index (χ1n) is 29.3. The van der Waals surface area contributed by atoms with Crippen molar-refractivity contribution in [3.63, 3.8) is 0 Å². The van der Waals surface area contributed by atoms with E-state index in [9.17, 15) is 65.4 Å². The van der Waals surface area contributed by atoms with E-state index in [4.69, 9.17) is 18.9 Å². The Morgan fingerprint density at radius 1 is 0.482 bits per heavy atom. The number of ketones is 4. The Balaban J connectivity index is 1.17. The molecule has 9 aliphatic rings. The van der Waals surface area contributed by atoms with Crippen LogP contribution in [-0.4, -0.2) is 172 Å². The Morgan fingerprint density at radius 3 is 1.33 bits per heavy atom. The van der Waals surface area contributed by atoms with Crippen molar-refractivity contribution in [1.82, 2.24) is 0 Å². The van der Waals surface area contributed by atoms with Crippen LogP contribution in [0.25, 0.3) is 0 Å². The fraction of sp³-hybridized carbons (Fsp3) is 0.600. The summed E-state index contributed by atoms with van der Waals surface area (Å²) in [6, 6.07) is 0. The van der Waals surface area contributed by atoms with Crippen molar-refractivity contribution in [2.45, 2.75) is 160 Å². The normalized spacial score (nSPS) is 50.6. The number of fused-ring (bicyclic) bond motifs is 4. The highest BCUT2D eigenvalue weighted by atomic mass is 16.6. The van der Waals surface area contributed by atoms with E-state index in [1.54, 1.807) is 52.8 Å². The third-order valence-electron chi connectivity index (χ3n) is 20.8. The molecule has 0 amide bonds. The van der Waals surface area contributed by atoms with Gasteiger partial charge in [0, 0.05) is 22.2 Å². The predicted molar refractivity (Wildman–Crippen MR) is 303 cm³/mol. The number of Topliss-reactive ketones (excluding diaryl/α,β-unsaturated/α-hetero) is 4. The van der Waals surface area contributed by atoms with Gasteiger partial charge in [0.2, 0.25) is 0 Å². The van der Waals surface area contributed by atoms with Crippen molar-refractivity contribution in [3.8, 4) is 0 Å². The molecule has 4 aliphatic heterocycles. The zero-order chi connectivity index (χ0) is 62.5. The molecule has 0 aromatic heterocycles. The molecule has 462 valence electrons. The van der Waals surface area contributed by atoms with Gasteiger partial charge in [0.25, 0.3) is 0 Å². The summed E-state index contributed by atoms with van der Waals surface area (Å²) in [5.74, 6) is -12.6. The molecule has 9 rings (SSSR count). The molecule has 24 unspecified atom stereocenters. The number of hydrogen-bond donors (Lipinski definition) is 10. The molecule has 10 N–H and O–H groups in total. The Morgan fingerprint density at radius 2 is 0.871 bits per heavy atom. The molecule has 5 aliphatic carbocycles. The van der Waals surface area contributed by atoms with Crippen LogP contribution in [0.15, 0.2) is 119 Å². The number of aliphatic hydroxyl groups excluding tert-OH is 10. The van der Waals surface area contributed by atoms with Gasteiger partial charge >= 0.3 is 0 Å². The molecule has 20 nitrogen and oxygen atoms in total. The van der Waals surface area contributed by atoms with E-state index in [-0.39, 0.29) is 48.0 Å². The molecule has 0 saturated carbocycles. The van der Waals surface area contributed by atoms with Crippen LogP contribution in [0.3, 0.4) is 0 Å². The molecule has 0 aromatic carbocycles. The monoisotopic (exact) mass is 1180 g/mol. The summed E-state index contributed by atoms with van der Waals surface area (Å²) < 4.78 is 25.0. The number of ether oxygens (including phenoxy) is 4. The molecule has 4 saturated heterocycles. The van der Waals surface area contributed by atoms with Gasteiger partial charge in [-0.05, 0) is 117 Å². The average Bonchev–Trinajstić information content (AvgIpc) is 1.67. The number of aldehydes is 2. The number of carbonyl (C=O) groups is 6. The van der Waals surface area contributed by atoms with Crippen molar-refractivity contribution >= 4 is 35.7 Å². The SMILES string of the molecule is C/C1=C/C=C/C2(C)C=C(CO)C(C)CC23OC(O)C(C3=O)C(O)/C=C/C2(C)C=C(C=O)C(C)CC23OC(O)C(C3=O)C(O)/C(C)=C\C=C\C2C=C(CO)C(C)CC23OC(O)C(C3=O)C(O)/C=C/C2(C)C=C(C=O)C(C)CC23OC(O)C(C3=O)C1O. The van der Waals surface area contributed by atoms with Crippen LogP contribution in [-0.2, 0) is 47.7 Å². The molecule has 4 fully saturated rings. The molecule has 85 heavy (non-hydrogen) atoms. The Labute approximate surface area is 494 Å². The van der Waals surface area contributed by atoms with Gasteiger partial charge in [0.05, 0.1) is 37.6 Å². The van der Waals surface area contributed by atoms with Gasteiger partial charge in [-0.25, -0.2) is 0 Å². The zero-order valence-corrected chi connectivity index (χ0v) is 49.3. The lowest BCUT2D eigenvalue weighted by Crippen LogP contribution is -2.55. The number of aliphatic hydroxyl groups is 10. The van der Waals surface area contributed by atoms with Crippen LogP contribution < -0.4 is 0 Å². The van der Waals surface area contributed by atoms with E-state index >= 15 is 14.4 Å². The number of allylic oxidation sites excluding steroid dienone is 6. The van der Waals surface area contributed by atoms with Gasteiger partial charge in [-0.1, -0.05) is 113 Å². The largest absolute Gasteiger partial charge is 0.392 e. The first kappa shape index (κ1) is 64.3. The standard InChI is InChI=1S/C65H82O20/c1-32-12-10-14-42-20-38(28-66)34(3)21-62(42)51(74)45(55(78)82-62)43(70)15-18-60(8)26-40(30-68)37(6)24-65(60)54(77)48(58(81)85-65)50(73)33(2)13-11-17-59(7)25-39(29-67)35(4)22-63(59)52(75)46(56(79)83-63)44(71)16-19-61(9)27-41(31-69)36(5)23-64(61)53(76)47(49(32)72)57(80)84-64/h10-20,25-27,30-31,34-37,42-50,55-58,66-67,70-73,78-81H,21-24,28-29H2,1-9H3/b14-10+,17-11+,18-15+,19-16+,32-12-,33-13-. The molecule has 4 spiro atoms. The minimum atomic E-state index is -1.98. The van der Waals surface area contributed by atoms with Gasteiger partial charge in [-0.2, -0.15) is 0 Å². The van der Waals surface area contributed by atoms with Gasteiger partial charge in [0.15, 0.2) is 48.3 Å². The second-order valence-corrected chi connectivity index (χ2v) is 26.2. The van der Waals surface area contributed by atoms with Crippen molar-refractivity contribution < 1.29 is 98.8 Å². The van der Waals surface area contributed by atoms with Crippen LogP contribution in [0, 0.1) is 69.5 Å². The highest BCUT2D eigenvalue weighted by Gasteiger charge is 2.69. The maximum atomic E-state index is 15.1. The minimum Gasteiger partial charge on any atom is -0.392 e. The van der Waals surface area contributed by atoms with E-state index in [1.807, 2.05) is 0 Å².